The van der Waals surface area contributed by atoms with E-state index in [-0.39, 0.29) is 29.7 Å². The van der Waals surface area contributed by atoms with E-state index in [1.54, 1.807) is 6.07 Å². The van der Waals surface area contributed by atoms with Gasteiger partial charge in [0, 0.05) is 30.3 Å². The van der Waals surface area contributed by atoms with Crippen LogP contribution < -0.4 is 5.32 Å². The Morgan fingerprint density at radius 2 is 2.00 bits per heavy atom. The highest BCUT2D eigenvalue weighted by atomic mass is 16.6. The van der Waals surface area contributed by atoms with Crippen LogP contribution >= 0.6 is 0 Å². The molecule has 2 amide bonds. The second-order valence-corrected chi connectivity index (χ2v) is 8.37. The van der Waals surface area contributed by atoms with Gasteiger partial charge in [0.25, 0.3) is 5.91 Å². The first-order valence-electron chi connectivity index (χ1n) is 10.2. The van der Waals surface area contributed by atoms with Gasteiger partial charge in [0.2, 0.25) is 0 Å². The summed E-state index contributed by atoms with van der Waals surface area (Å²) in [4.78, 5) is 30.6. The minimum absolute atomic E-state index is 0.0519. The molecule has 31 heavy (non-hydrogen) atoms. The van der Waals surface area contributed by atoms with Crippen molar-refractivity contribution in [1.29, 1.82) is 10.5 Å². The topological polar surface area (TPSA) is 119 Å². The zero-order valence-electron chi connectivity index (χ0n) is 16.7. The smallest absolute Gasteiger partial charge is 0.407 e. The molecule has 8 nitrogen and oxygen atoms in total. The maximum absolute atomic E-state index is 13.2. The number of nitriles is 2. The van der Waals surface area contributed by atoms with Crippen LogP contribution in [-0.2, 0) is 11.2 Å². The van der Waals surface area contributed by atoms with Crippen molar-refractivity contribution in [3.8, 4) is 12.1 Å². The summed E-state index contributed by atoms with van der Waals surface area (Å²) in [6, 6.07) is 13.0. The molecule has 1 saturated carbocycles. The molecule has 0 radical (unpaired) electrons. The zero-order valence-corrected chi connectivity index (χ0v) is 16.7. The fourth-order valence-electron chi connectivity index (χ4n) is 5.10. The number of hydrogen-bond donors (Lipinski definition) is 1. The zero-order chi connectivity index (χ0) is 21.6. The van der Waals surface area contributed by atoms with Gasteiger partial charge in [-0.25, -0.2) is 9.78 Å². The molecule has 3 heterocycles. The highest BCUT2D eigenvalue weighted by Gasteiger charge is 2.52. The van der Waals surface area contributed by atoms with Gasteiger partial charge in [-0.05, 0) is 36.5 Å². The average molecular weight is 413 g/mol. The van der Waals surface area contributed by atoms with Gasteiger partial charge in [0.05, 0.1) is 24.2 Å². The highest BCUT2D eigenvalue weighted by Crippen LogP contribution is 2.45. The second-order valence-electron chi connectivity index (χ2n) is 8.37. The van der Waals surface area contributed by atoms with Crippen LogP contribution in [0.1, 0.15) is 51.6 Å². The first-order chi connectivity index (χ1) is 15.0. The third-order valence-corrected chi connectivity index (χ3v) is 6.51. The standard InChI is InChI=1S/C23H19N5O3/c24-10-15-5-6-26-19(11-25)18(15)7-20-16-3-1-2-4-17(16)21(29)28(20)12-14-8-23(9-14)13-27-22(30)31-23/h1-6,14,20H,7-9,12-13H2,(H,27,30). The molecule has 1 aliphatic carbocycles. The van der Waals surface area contributed by atoms with Crippen molar-refractivity contribution in [2.45, 2.75) is 30.9 Å². The summed E-state index contributed by atoms with van der Waals surface area (Å²) in [5.74, 6) is 0.164. The number of carbonyl (C=O) groups is 2. The summed E-state index contributed by atoms with van der Waals surface area (Å²) in [7, 11) is 0. The number of carbonyl (C=O) groups excluding carboxylic acids is 2. The number of pyridine rings is 1. The van der Waals surface area contributed by atoms with Crippen LogP contribution in [0.4, 0.5) is 4.79 Å². The Labute approximate surface area is 179 Å². The predicted molar refractivity (Wildman–Crippen MR) is 108 cm³/mol. The van der Waals surface area contributed by atoms with E-state index in [0.717, 1.165) is 5.56 Å². The number of aromatic nitrogens is 1. The minimum atomic E-state index is -0.446. The monoisotopic (exact) mass is 413 g/mol. The quantitative estimate of drug-likeness (QED) is 0.822. The van der Waals surface area contributed by atoms with Crippen molar-refractivity contribution >= 4 is 12.0 Å². The molecular weight excluding hydrogens is 394 g/mol. The lowest BCUT2D eigenvalue weighted by molar-refractivity contribution is -0.0554. The van der Waals surface area contributed by atoms with Crippen LogP contribution in [0, 0.1) is 28.6 Å². The summed E-state index contributed by atoms with van der Waals surface area (Å²) in [6.45, 7) is 1.04. The first kappa shape index (κ1) is 19.1. The number of hydrogen-bond acceptors (Lipinski definition) is 6. The fraction of sp³-hybridized carbons (Fsp3) is 0.348. The van der Waals surface area contributed by atoms with Gasteiger partial charge in [0.1, 0.15) is 17.4 Å². The van der Waals surface area contributed by atoms with Crippen LogP contribution in [0.2, 0.25) is 0 Å². The van der Waals surface area contributed by atoms with Gasteiger partial charge in [0.15, 0.2) is 0 Å². The molecule has 1 unspecified atom stereocenters. The normalized spacial score (nSPS) is 25.9. The van der Waals surface area contributed by atoms with Crippen molar-refractivity contribution in [3.05, 3.63) is 64.5 Å². The SMILES string of the molecule is N#Cc1ccnc(C#N)c1CC1c2ccccc2C(=O)N1CC1CC2(CNC(=O)O2)C1. The van der Waals surface area contributed by atoms with E-state index in [1.807, 2.05) is 29.2 Å². The van der Waals surface area contributed by atoms with Crippen molar-refractivity contribution in [2.75, 3.05) is 13.1 Å². The predicted octanol–water partition coefficient (Wildman–Crippen LogP) is 2.45. The lowest BCUT2D eigenvalue weighted by Crippen LogP contribution is -2.51. The molecular formula is C23H19N5O3. The average Bonchev–Trinajstić information content (AvgIpc) is 3.27. The number of fused-ring (bicyclic) bond motifs is 1. The van der Waals surface area contributed by atoms with Crippen LogP contribution in [0.15, 0.2) is 36.5 Å². The maximum Gasteiger partial charge on any atom is 0.407 e. The van der Waals surface area contributed by atoms with E-state index in [0.29, 0.717) is 49.0 Å². The lowest BCUT2D eigenvalue weighted by Gasteiger charge is -2.44. The molecule has 1 aromatic carbocycles. The van der Waals surface area contributed by atoms with Gasteiger partial charge in [-0.3, -0.25) is 4.79 Å². The molecule has 1 saturated heterocycles. The van der Waals surface area contributed by atoms with Crippen LogP contribution in [0.5, 0.6) is 0 Å². The van der Waals surface area contributed by atoms with Gasteiger partial charge < -0.3 is 15.0 Å². The maximum atomic E-state index is 13.2. The Bertz CT molecular complexity index is 1140. The number of nitrogens with zero attached hydrogens (tertiary/aromatic N) is 4. The van der Waals surface area contributed by atoms with E-state index in [2.05, 4.69) is 22.4 Å². The van der Waals surface area contributed by atoms with Crippen molar-refractivity contribution < 1.29 is 14.3 Å². The minimum Gasteiger partial charge on any atom is -0.441 e. The number of rotatable bonds is 4. The van der Waals surface area contributed by atoms with Crippen molar-refractivity contribution in [2.24, 2.45) is 5.92 Å². The van der Waals surface area contributed by atoms with Crippen molar-refractivity contribution in [1.82, 2.24) is 15.2 Å². The first-order valence-corrected chi connectivity index (χ1v) is 10.2. The number of amides is 2. The number of ether oxygens (including phenoxy) is 1. The Hall–Kier alpha value is -3.91. The van der Waals surface area contributed by atoms with Gasteiger partial charge in [-0.1, -0.05) is 18.2 Å². The third-order valence-electron chi connectivity index (χ3n) is 6.51. The molecule has 0 bridgehead atoms. The Balaban J connectivity index is 1.43. The molecule has 1 N–H and O–H groups in total. The number of nitrogens with one attached hydrogen (secondary N) is 1. The molecule has 1 atom stereocenters. The largest absolute Gasteiger partial charge is 0.441 e. The van der Waals surface area contributed by atoms with Gasteiger partial charge >= 0.3 is 6.09 Å². The van der Waals surface area contributed by atoms with Crippen LogP contribution in [0.25, 0.3) is 0 Å². The lowest BCUT2D eigenvalue weighted by atomic mass is 9.70. The Morgan fingerprint density at radius 3 is 2.71 bits per heavy atom. The molecule has 154 valence electrons. The number of benzene rings is 1. The summed E-state index contributed by atoms with van der Waals surface area (Å²) in [6.07, 6.45) is 2.83. The second kappa shape index (κ2) is 7.10. The molecule has 2 aliphatic heterocycles. The van der Waals surface area contributed by atoms with E-state index in [4.69, 9.17) is 4.74 Å². The molecule has 5 rings (SSSR count). The molecule has 2 aromatic rings. The van der Waals surface area contributed by atoms with E-state index in [9.17, 15) is 20.1 Å². The fourth-order valence-corrected chi connectivity index (χ4v) is 5.10. The summed E-state index contributed by atoms with van der Waals surface area (Å²) in [5, 5.41) is 21.8. The van der Waals surface area contributed by atoms with Gasteiger partial charge in [-0.15, -0.1) is 0 Å². The van der Waals surface area contributed by atoms with E-state index >= 15 is 0 Å². The van der Waals surface area contributed by atoms with E-state index < -0.39 is 5.60 Å². The summed E-state index contributed by atoms with van der Waals surface area (Å²) < 4.78 is 5.42. The summed E-state index contributed by atoms with van der Waals surface area (Å²) in [5.41, 5.74) is 2.27. The van der Waals surface area contributed by atoms with Crippen LogP contribution in [0.3, 0.4) is 0 Å². The van der Waals surface area contributed by atoms with Crippen molar-refractivity contribution in [3.63, 3.8) is 0 Å². The summed E-state index contributed by atoms with van der Waals surface area (Å²) >= 11 is 0. The Morgan fingerprint density at radius 1 is 1.19 bits per heavy atom. The van der Waals surface area contributed by atoms with E-state index in [1.165, 1.54) is 6.20 Å². The molecule has 1 spiro atoms. The molecule has 2 fully saturated rings. The molecule has 1 aromatic heterocycles. The molecule has 8 heteroatoms. The van der Waals surface area contributed by atoms with Crippen LogP contribution in [-0.4, -0.2) is 40.6 Å². The molecule has 3 aliphatic rings. The number of alkyl carbamates (subject to hydrolysis) is 1. The Kier molecular flexibility index (Phi) is 4.37. The third kappa shape index (κ3) is 3.08. The van der Waals surface area contributed by atoms with Gasteiger partial charge in [-0.2, -0.15) is 10.5 Å². The highest BCUT2D eigenvalue weighted by molar-refractivity contribution is 5.99.